The van der Waals surface area contributed by atoms with E-state index in [0.29, 0.717) is 0 Å². The van der Waals surface area contributed by atoms with Crippen molar-refractivity contribution < 1.29 is 0 Å². The number of nitrogen functional groups attached to an aromatic ring is 1. The largest absolute Gasteiger partial charge is 0.399 e. The van der Waals surface area contributed by atoms with E-state index in [9.17, 15) is 0 Å². The van der Waals surface area contributed by atoms with E-state index in [1.54, 1.807) is 0 Å². The van der Waals surface area contributed by atoms with Crippen LogP contribution < -0.4 is 5.73 Å². The molecule has 5 aromatic rings. The molecule has 2 N–H and O–H groups in total. The Kier molecular flexibility index (Phi) is 1.90. The highest BCUT2D eigenvalue weighted by Gasteiger charge is 2.16. The smallest absolute Gasteiger partial charge is 0.0320 e. The summed E-state index contributed by atoms with van der Waals surface area (Å²) < 4.78 is 0. The zero-order valence-corrected chi connectivity index (χ0v) is 11.4. The standard InChI is InChI=1S/C20H13N/c21-12-9-10-17-18(11-12)16-8-4-3-7-14-13-5-1-2-6-15(13)20(17)19(14)16/h1-11H,21H2. The first-order chi connectivity index (χ1) is 10.3. The van der Waals surface area contributed by atoms with Crippen molar-refractivity contribution in [2.45, 2.75) is 0 Å². The molecule has 5 aromatic carbocycles. The molecular formula is C20H13N. The lowest BCUT2D eigenvalue weighted by atomic mass is 10.1. The minimum Gasteiger partial charge on any atom is -0.399 e. The summed E-state index contributed by atoms with van der Waals surface area (Å²) in [6.07, 6.45) is 0. The summed E-state index contributed by atoms with van der Waals surface area (Å²) in [5, 5.41) is 10.6. The fourth-order valence-corrected chi connectivity index (χ4v) is 3.69. The predicted molar refractivity (Wildman–Crippen MR) is 92.1 cm³/mol. The van der Waals surface area contributed by atoms with Crippen LogP contribution in [0.5, 0.6) is 0 Å². The van der Waals surface area contributed by atoms with Crippen LogP contribution >= 0.6 is 0 Å². The topological polar surface area (TPSA) is 26.0 Å². The van der Waals surface area contributed by atoms with Crippen molar-refractivity contribution in [3.05, 3.63) is 66.7 Å². The van der Waals surface area contributed by atoms with Crippen LogP contribution in [0.25, 0.3) is 43.1 Å². The first-order valence-electron chi connectivity index (χ1n) is 7.18. The van der Waals surface area contributed by atoms with E-state index in [4.69, 9.17) is 5.73 Å². The molecule has 0 aliphatic carbocycles. The summed E-state index contributed by atoms with van der Waals surface area (Å²) >= 11 is 0. The van der Waals surface area contributed by atoms with E-state index in [0.717, 1.165) is 5.69 Å². The molecule has 0 amide bonds. The summed E-state index contributed by atoms with van der Waals surface area (Å²) in [7, 11) is 0. The van der Waals surface area contributed by atoms with Crippen LogP contribution in [-0.4, -0.2) is 0 Å². The molecule has 1 heteroatoms. The number of hydrogen-bond acceptors (Lipinski definition) is 1. The molecule has 0 atom stereocenters. The summed E-state index contributed by atoms with van der Waals surface area (Å²) in [5.41, 5.74) is 6.83. The van der Waals surface area contributed by atoms with Crippen LogP contribution in [0.15, 0.2) is 66.7 Å². The fourth-order valence-electron chi connectivity index (χ4n) is 3.69. The minimum atomic E-state index is 0.822. The van der Waals surface area contributed by atoms with Gasteiger partial charge in [-0.2, -0.15) is 0 Å². The van der Waals surface area contributed by atoms with Gasteiger partial charge in [0.15, 0.2) is 0 Å². The quantitative estimate of drug-likeness (QED) is 0.377. The van der Waals surface area contributed by atoms with Crippen molar-refractivity contribution in [1.29, 1.82) is 0 Å². The molecule has 0 aliphatic rings. The van der Waals surface area contributed by atoms with Gasteiger partial charge in [0.05, 0.1) is 0 Å². The van der Waals surface area contributed by atoms with Crippen molar-refractivity contribution in [3.8, 4) is 0 Å². The van der Waals surface area contributed by atoms with Crippen LogP contribution in [0.2, 0.25) is 0 Å². The average Bonchev–Trinajstić information content (AvgIpc) is 2.87. The van der Waals surface area contributed by atoms with Gasteiger partial charge in [0.2, 0.25) is 0 Å². The fraction of sp³-hybridized carbons (Fsp3) is 0. The Hall–Kier alpha value is -2.80. The maximum atomic E-state index is 6.01. The Labute approximate surface area is 121 Å². The molecule has 0 heterocycles. The summed E-state index contributed by atoms with van der Waals surface area (Å²) in [6.45, 7) is 0. The molecule has 0 aromatic heterocycles. The van der Waals surface area contributed by atoms with Gasteiger partial charge in [-0.15, -0.1) is 0 Å². The normalized spacial score (nSPS) is 12.0. The van der Waals surface area contributed by atoms with Gasteiger partial charge in [-0.05, 0) is 55.2 Å². The van der Waals surface area contributed by atoms with Crippen LogP contribution in [0.3, 0.4) is 0 Å². The van der Waals surface area contributed by atoms with Crippen molar-refractivity contribution in [2.75, 3.05) is 5.73 Å². The molecule has 0 saturated carbocycles. The van der Waals surface area contributed by atoms with Crippen LogP contribution in [-0.2, 0) is 0 Å². The van der Waals surface area contributed by atoms with E-state index in [1.807, 2.05) is 6.07 Å². The van der Waals surface area contributed by atoms with Gasteiger partial charge >= 0.3 is 0 Å². The van der Waals surface area contributed by atoms with Crippen molar-refractivity contribution in [2.24, 2.45) is 0 Å². The molecule has 1 nitrogen and oxygen atoms in total. The highest BCUT2D eigenvalue weighted by Crippen LogP contribution is 2.45. The van der Waals surface area contributed by atoms with Gasteiger partial charge in [0.25, 0.3) is 0 Å². The van der Waals surface area contributed by atoms with E-state index in [-0.39, 0.29) is 0 Å². The molecule has 0 bridgehead atoms. The second kappa shape index (κ2) is 3.64. The monoisotopic (exact) mass is 267 g/mol. The van der Waals surface area contributed by atoms with Gasteiger partial charge in [-0.25, -0.2) is 0 Å². The van der Waals surface area contributed by atoms with Gasteiger partial charge in [0.1, 0.15) is 0 Å². The second-order valence-electron chi connectivity index (χ2n) is 5.65. The van der Waals surface area contributed by atoms with Gasteiger partial charge in [-0.1, -0.05) is 54.6 Å². The van der Waals surface area contributed by atoms with E-state index >= 15 is 0 Å². The minimum absolute atomic E-state index is 0.822. The second-order valence-corrected chi connectivity index (χ2v) is 5.65. The summed E-state index contributed by atoms with van der Waals surface area (Å²) in [6, 6.07) is 23.6. The number of fused-ring (bicyclic) bond motifs is 6. The lowest BCUT2D eigenvalue weighted by molar-refractivity contribution is 1.79. The highest BCUT2D eigenvalue weighted by molar-refractivity contribution is 6.41. The number of hydrogen-bond donors (Lipinski definition) is 1. The van der Waals surface area contributed by atoms with Gasteiger partial charge in [-0.3, -0.25) is 0 Å². The third kappa shape index (κ3) is 1.26. The van der Waals surface area contributed by atoms with Crippen molar-refractivity contribution in [3.63, 3.8) is 0 Å². The Balaban J connectivity index is 2.28. The Morgan fingerprint density at radius 2 is 0.952 bits per heavy atom. The first kappa shape index (κ1) is 10.9. The van der Waals surface area contributed by atoms with Crippen molar-refractivity contribution in [1.82, 2.24) is 0 Å². The van der Waals surface area contributed by atoms with Gasteiger partial charge < -0.3 is 5.73 Å². The van der Waals surface area contributed by atoms with Crippen LogP contribution in [0.1, 0.15) is 0 Å². The molecule has 0 fully saturated rings. The molecule has 0 unspecified atom stereocenters. The molecular weight excluding hydrogens is 254 g/mol. The zero-order valence-electron chi connectivity index (χ0n) is 11.4. The van der Waals surface area contributed by atoms with Crippen LogP contribution in [0.4, 0.5) is 5.69 Å². The molecule has 98 valence electrons. The molecule has 21 heavy (non-hydrogen) atoms. The first-order valence-corrected chi connectivity index (χ1v) is 7.18. The predicted octanol–water partition coefficient (Wildman–Crippen LogP) is 5.32. The number of nitrogens with two attached hydrogens (primary N) is 1. The molecule has 0 radical (unpaired) electrons. The summed E-state index contributed by atoms with van der Waals surface area (Å²) in [4.78, 5) is 0. The molecule has 5 rings (SSSR count). The average molecular weight is 267 g/mol. The molecule has 0 spiro atoms. The number of rotatable bonds is 0. The summed E-state index contributed by atoms with van der Waals surface area (Å²) in [5.74, 6) is 0. The van der Waals surface area contributed by atoms with E-state index in [2.05, 4.69) is 60.7 Å². The maximum absolute atomic E-state index is 6.01. The van der Waals surface area contributed by atoms with Crippen LogP contribution in [0, 0.1) is 0 Å². The number of anilines is 1. The third-order valence-electron chi connectivity index (χ3n) is 4.52. The Morgan fingerprint density at radius 1 is 0.476 bits per heavy atom. The van der Waals surface area contributed by atoms with E-state index < -0.39 is 0 Å². The molecule has 0 saturated heterocycles. The Morgan fingerprint density at radius 3 is 1.57 bits per heavy atom. The lowest BCUT2D eigenvalue weighted by Crippen LogP contribution is -1.81. The zero-order chi connectivity index (χ0) is 14.0. The van der Waals surface area contributed by atoms with Gasteiger partial charge in [0, 0.05) is 5.69 Å². The number of benzene rings is 2. The van der Waals surface area contributed by atoms with Crippen molar-refractivity contribution >= 4 is 48.8 Å². The molecule has 0 aliphatic heterocycles. The SMILES string of the molecule is Nc1ccc2c(c1)c1ccccc3c4ccccc4c2c31. The lowest BCUT2D eigenvalue weighted by Gasteiger charge is -1.96. The Bertz CT molecular complexity index is 1140. The van der Waals surface area contributed by atoms with E-state index in [1.165, 1.54) is 43.1 Å². The third-order valence-corrected chi connectivity index (χ3v) is 4.52. The maximum Gasteiger partial charge on any atom is 0.0320 e. The highest BCUT2D eigenvalue weighted by atomic mass is 14.5.